The molecule has 0 radical (unpaired) electrons. The molecule has 1 aliphatic rings. The SMILES string of the molecule is Cc1ccc(NC(=O)c2ccc(CN3CCN(C(C)C)CC3)cc2)cc1Nc1nccc(-c2cccnc2)n1. The van der Waals surface area contributed by atoms with Gasteiger partial charge in [-0.05, 0) is 74.4 Å². The molecule has 3 heterocycles. The van der Waals surface area contributed by atoms with E-state index in [9.17, 15) is 4.79 Å². The molecular weight excluding hydrogens is 486 g/mol. The molecule has 0 bridgehead atoms. The maximum Gasteiger partial charge on any atom is 0.255 e. The molecule has 0 spiro atoms. The molecule has 0 saturated carbocycles. The van der Waals surface area contributed by atoms with Crippen molar-refractivity contribution < 1.29 is 4.79 Å². The predicted octanol–water partition coefficient (Wildman–Crippen LogP) is 5.37. The minimum Gasteiger partial charge on any atom is -0.324 e. The van der Waals surface area contributed by atoms with Gasteiger partial charge in [-0.1, -0.05) is 18.2 Å². The zero-order valence-corrected chi connectivity index (χ0v) is 22.8. The Morgan fingerprint density at radius 3 is 2.49 bits per heavy atom. The van der Waals surface area contributed by atoms with E-state index in [2.05, 4.69) is 61.4 Å². The van der Waals surface area contributed by atoms with Crippen LogP contribution in [0.25, 0.3) is 11.3 Å². The Labute approximate surface area is 230 Å². The summed E-state index contributed by atoms with van der Waals surface area (Å²) in [5.74, 6) is 0.334. The van der Waals surface area contributed by atoms with Crippen LogP contribution in [0.3, 0.4) is 0 Å². The summed E-state index contributed by atoms with van der Waals surface area (Å²) in [6.45, 7) is 11.8. The number of hydrogen-bond acceptors (Lipinski definition) is 7. The summed E-state index contributed by atoms with van der Waals surface area (Å²) in [5.41, 5.74) is 6.09. The maximum atomic E-state index is 13.0. The van der Waals surface area contributed by atoms with Gasteiger partial charge < -0.3 is 10.6 Å². The number of aryl methyl sites for hydroxylation is 1. The fraction of sp³-hybridized carbons (Fsp3) is 0.290. The van der Waals surface area contributed by atoms with Crippen molar-refractivity contribution in [2.45, 2.75) is 33.4 Å². The Morgan fingerprint density at radius 1 is 0.974 bits per heavy atom. The predicted molar refractivity (Wildman–Crippen MR) is 156 cm³/mol. The third-order valence-electron chi connectivity index (χ3n) is 7.11. The van der Waals surface area contributed by atoms with E-state index in [4.69, 9.17) is 0 Å². The number of nitrogens with zero attached hydrogens (tertiary/aromatic N) is 5. The highest BCUT2D eigenvalue weighted by molar-refractivity contribution is 6.04. The lowest BCUT2D eigenvalue weighted by Gasteiger charge is -2.36. The van der Waals surface area contributed by atoms with Crippen LogP contribution in [0.2, 0.25) is 0 Å². The van der Waals surface area contributed by atoms with Crippen molar-refractivity contribution >= 4 is 23.2 Å². The van der Waals surface area contributed by atoms with Crippen molar-refractivity contribution in [2.75, 3.05) is 36.8 Å². The van der Waals surface area contributed by atoms with Gasteiger partial charge in [0, 0.05) is 79.9 Å². The number of piperazine rings is 1. The number of aromatic nitrogens is 3. The van der Waals surface area contributed by atoms with Gasteiger partial charge in [0.15, 0.2) is 0 Å². The summed E-state index contributed by atoms with van der Waals surface area (Å²) in [6.07, 6.45) is 5.22. The monoisotopic (exact) mass is 521 g/mol. The highest BCUT2D eigenvalue weighted by atomic mass is 16.1. The minimum absolute atomic E-state index is 0.142. The Hall–Kier alpha value is -4.14. The molecule has 1 amide bonds. The lowest BCUT2D eigenvalue weighted by Crippen LogP contribution is -2.48. The van der Waals surface area contributed by atoms with Crippen LogP contribution in [0.4, 0.5) is 17.3 Å². The van der Waals surface area contributed by atoms with E-state index < -0.39 is 0 Å². The normalized spacial score (nSPS) is 14.4. The van der Waals surface area contributed by atoms with Gasteiger partial charge >= 0.3 is 0 Å². The summed E-state index contributed by atoms with van der Waals surface area (Å²) in [4.78, 5) is 31.1. The van der Waals surface area contributed by atoms with Crippen LogP contribution < -0.4 is 10.6 Å². The number of carbonyl (C=O) groups is 1. The topological polar surface area (TPSA) is 86.3 Å². The molecule has 5 rings (SSSR count). The van der Waals surface area contributed by atoms with E-state index in [0.717, 1.165) is 55.2 Å². The van der Waals surface area contributed by atoms with Crippen molar-refractivity contribution in [2.24, 2.45) is 0 Å². The first-order chi connectivity index (χ1) is 18.9. The van der Waals surface area contributed by atoms with Gasteiger partial charge in [-0.2, -0.15) is 0 Å². The van der Waals surface area contributed by atoms with Gasteiger partial charge in [-0.25, -0.2) is 9.97 Å². The molecule has 1 fully saturated rings. The first kappa shape index (κ1) is 26.5. The molecule has 2 N–H and O–H groups in total. The number of pyridine rings is 1. The van der Waals surface area contributed by atoms with Gasteiger partial charge in [0.1, 0.15) is 0 Å². The van der Waals surface area contributed by atoms with Gasteiger partial charge in [-0.3, -0.25) is 19.6 Å². The molecule has 39 heavy (non-hydrogen) atoms. The summed E-state index contributed by atoms with van der Waals surface area (Å²) in [6, 6.07) is 20.0. The summed E-state index contributed by atoms with van der Waals surface area (Å²) >= 11 is 0. The molecule has 0 aliphatic carbocycles. The van der Waals surface area contributed by atoms with E-state index >= 15 is 0 Å². The first-order valence-electron chi connectivity index (χ1n) is 13.4. The van der Waals surface area contributed by atoms with Gasteiger partial charge in [0.25, 0.3) is 5.91 Å². The fourth-order valence-corrected chi connectivity index (χ4v) is 4.71. The molecule has 8 heteroatoms. The zero-order valence-electron chi connectivity index (χ0n) is 22.8. The smallest absolute Gasteiger partial charge is 0.255 e. The average molecular weight is 522 g/mol. The summed E-state index contributed by atoms with van der Waals surface area (Å²) < 4.78 is 0. The number of carbonyl (C=O) groups excluding carboxylic acids is 1. The molecule has 4 aromatic rings. The van der Waals surface area contributed by atoms with Crippen molar-refractivity contribution in [1.29, 1.82) is 0 Å². The highest BCUT2D eigenvalue weighted by Crippen LogP contribution is 2.25. The molecule has 0 unspecified atom stereocenters. The van der Waals surface area contributed by atoms with E-state index in [0.29, 0.717) is 23.2 Å². The Morgan fingerprint density at radius 2 is 1.77 bits per heavy atom. The van der Waals surface area contributed by atoms with Crippen LogP contribution in [-0.4, -0.2) is 62.9 Å². The number of benzene rings is 2. The number of hydrogen-bond donors (Lipinski definition) is 2. The van der Waals surface area contributed by atoms with Crippen LogP contribution in [0, 0.1) is 6.92 Å². The molecular formula is C31H35N7O. The molecule has 8 nitrogen and oxygen atoms in total. The summed E-state index contributed by atoms with van der Waals surface area (Å²) in [7, 11) is 0. The van der Waals surface area contributed by atoms with Crippen LogP contribution in [-0.2, 0) is 6.54 Å². The van der Waals surface area contributed by atoms with Gasteiger partial charge in [-0.15, -0.1) is 0 Å². The van der Waals surface area contributed by atoms with Gasteiger partial charge in [0.05, 0.1) is 5.69 Å². The maximum absolute atomic E-state index is 13.0. The third kappa shape index (κ3) is 6.85. The second-order valence-corrected chi connectivity index (χ2v) is 10.2. The lowest BCUT2D eigenvalue weighted by molar-refractivity contribution is 0.102. The van der Waals surface area contributed by atoms with Crippen molar-refractivity contribution in [3.05, 3.63) is 95.9 Å². The lowest BCUT2D eigenvalue weighted by atomic mass is 10.1. The molecule has 0 atom stereocenters. The van der Waals surface area contributed by atoms with Crippen LogP contribution in [0.1, 0.15) is 35.3 Å². The number of amides is 1. The Balaban J connectivity index is 1.21. The van der Waals surface area contributed by atoms with Crippen molar-refractivity contribution in [3.8, 4) is 11.3 Å². The van der Waals surface area contributed by atoms with Crippen molar-refractivity contribution in [3.63, 3.8) is 0 Å². The average Bonchev–Trinajstić information content (AvgIpc) is 2.96. The van der Waals surface area contributed by atoms with Gasteiger partial charge in [0.2, 0.25) is 5.95 Å². The molecule has 1 aliphatic heterocycles. The number of nitrogens with one attached hydrogen (secondary N) is 2. The second-order valence-electron chi connectivity index (χ2n) is 10.2. The van der Waals surface area contributed by atoms with Crippen molar-refractivity contribution in [1.82, 2.24) is 24.8 Å². The molecule has 2 aromatic carbocycles. The molecule has 2 aromatic heterocycles. The molecule has 200 valence electrons. The minimum atomic E-state index is -0.142. The largest absolute Gasteiger partial charge is 0.324 e. The second kappa shape index (κ2) is 12.1. The first-order valence-corrected chi connectivity index (χ1v) is 13.4. The zero-order chi connectivity index (χ0) is 27.2. The fourth-order valence-electron chi connectivity index (χ4n) is 4.71. The van der Waals surface area contributed by atoms with Crippen LogP contribution in [0.15, 0.2) is 79.3 Å². The Bertz CT molecular complexity index is 1400. The Kier molecular flexibility index (Phi) is 8.24. The van der Waals surface area contributed by atoms with E-state index in [1.807, 2.05) is 55.5 Å². The van der Waals surface area contributed by atoms with E-state index in [1.54, 1.807) is 18.6 Å². The van der Waals surface area contributed by atoms with Crippen LogP contribution >= 0.6 is 0 Å². The van der Waals surface area contributed by atoms with E-state index in [1.165, 1.54) is 5.56 Å². The third-order valence-corrected chi connectivity index (χ3v) is 7.11. The molecule has 1 saturated heterocycles. The number of rotatable bonds is 8. The number of anilines is 3. The summed E-state index contributed by atoms with van der Waals surface area (Å²) in [5, 5.41) is 6.31. The van der Waals surface area contributed by atoms with Crippen LogP contribution in [0.5, 0.6) is 0 Å². The standard InChI is InChI=1S/C31H35N7O/c1-22(2)38-17-15-37(16-18-38)21-24-7-9-25(10-8-24)30(39)34-27-11-6-23(3)29(19-27)36-31-33-14-12-28(35-31)26-5-4-13-32-20-26/h4-14,19-20,22H,15-18,21H2,1-3H3,(H,34,39)(H,33,35,36). The highest BCUT2D eigenvalue weighted by Gasteiger charge is 2.19. The quantitative estimate of drug-likeness (QED) is 0.322. The van der Waals surface area contributed by atoms with E-state index in [-0.39, 0.29) is 5.91 Å².